The Morgan fingerprint density at radius 3 is 2.19 bits per heavy atom. The van der Waals surface area contributed by atoms with E-state index >= 15 is 0 Å². The smallest absolute Gasteiger partial charge is 0.305 e. The Bertz CT molecular complexity index is 1170. The Morgan fingerprint density at radius 2 is 1.51 bits per heavy atom. The topological polar surface area (TPSA) is 267 Å². The van der Waals surface area contributed by atoms with Gasteiger partial charge in [0.15, 0.2) is 5.96 Å². The van der Waals surface area contributed by atoms with Crippen LogP contribution in [0.5, 0.6) is 5.75 Å². The average Bonchev–Trinajstić information content (AvgIpc) is 2.94. The zero-order chi connectivity index (χ0) is 31.8. The minimum atomic E-state index is -1.37. The van der Waals surface area contributed by atoms with Crippen LogP contribution in [-0.4, -0.2) is 89.4 Å². The number of carboxylic acid groups (broad SMARTS) is 1. The van der Waals surface area contributed by atoms with Crippen LogP contribution in [0.25, 0.3) is 0 Å². The lowest BCUT2D eigenvalue weighted by Crippen LogP contribution is -2.55. The molecule has 0 unspecified atom stereocenters. The number of phenols is 1. The molecule has 0 bridgehead atoms. The molecule has 2 rings (SSSR count). The van der Waals surface area contributed by atoms with Gasteiger partial charge in [0.25, 0.3) is 0 Å². The summed E-state index contributed by atoms with van der Waals surface area (Å²) in [6.07, 6.45) is 1.32. The molecule has 1 aromatic rings. The number of aromatic hydroxyl groups is 1. The van der Waals surface area contributed by atoms with Gasteiger partial charge in [-0.2, -0.15) is 0 Å². The average molecular weight is 605 g/mol. The minimum absolute atomic E-state index is 0.0322. The van der Waals surface area contributed by atoms with E-state index < -0.39 is 66.6 Å². The predicted octanol–water partition coefficient (Wildman–Crippen LogP) is -2.28. The molecule has 16 heteroatoms. The lowest BCUT2D eigenvalue weighted by Gasteiger charge is -2.23. The Kier molecular flexibility index (Phi) is 14.2. The van der Waals surface area contributed by atoms with E-state index in [2.05, 4.69) is 31.6 Å². The molecule has 0 radical (unpaired) electrons. The quantitative estimate of drug-likeness (QED) is 0.0871. The molecule has 16 nitrogen and oxygen atoms in total. The van der Waals surface area contributed by atoms with E-state index in [4.69, 9.17) is 16.6 Å². The van der Waals surface area contributed by atoms with E-state index in [-0.39, 0.29) is 50.5 Å². The molecule has 0 aliphatic carbocycles. The summed E-state index contributed by atoms with van der Waals surface area (Å²) >= 11 is 0. The van der Waals surface area contributed by atoms with E-state index in [1.165, 1.54) is 12.1 Å². The summed E-state index contributed by atoms with van der Waals surface area (Å²) in [6, 6.07) is 2.51. The summed E-state index contributed by atoms with van der Waals surface area (Å²) < 4.78 is 0. The van der Waals surface area contributed by atoms with Crippen LogP contribution in [0, 0.1) is 0 Å². The molecule has 43 heavy (non-hydrogen) atoms. The maximum atomic E-state index is 13.4. The molecule has 1 heterocycles. The van der Waals surface area contributed by atoms with Crippen molar-refractivity contribution < 1.29 is 39.0 Å². The molecule has 1 aromatic carbocycles. The summed E-state index contributed by atoms with van der Waals surface area (Å²) in [4.78, 5) is 79.4. The number of carbonyl (C=O) groups excluding carboxylic acids is 5. The van der Waals surface area contributed by atoms with Gasteiger partial charge in [0.1, 0.15) is 23.9 Å². The van der Waals surface area contributed by atoms with Gasteiger partial charge in [-0.3, -0.25) is 33.8 Å². The van der Waals surface area contributed by atoms with Crippen molar-refractivity contribution in [1.82, 2.24) is 26.6 Å². The second-order valence-corrected chi connectivity index (χ2v) is 10.0. The van der Waals surface area contributed by atoms with Crippen LogP contribution >= 0.6 is 0 Å². The number of rotatable bonds is 8. The number of nitrogens with two attached hydrogens (primary N) is 2. The highest BCUT2D eigenvalue weighted by Crippen LogP contribution is 2.12. The highest BCUT2D eigenvalue weighted by atomic mass is 16.4. The zero-order valence-corrected chi connectivity index (χ0v) is 23.8. The fraction of sp³-hybridized carbons (Fsp3) is 0.519. The van der Waals surface area contributed by atoms with Gasteiger partial charge in [0.2, 0.25) is 29.5 Å². The van der Waals surface area contributed by atoms with Crippen LogP contribution in [0.15, 0.2) is 29.3 Å². The normalized spacial score (nSPS) is 21.4. The fourth-order valence-corrected chi connectivity index (χ4v) is 4.23. The van der Waals surface area contributed by atoms with Crippen LogP contribution in [-0.2, 0) is 35.2 Å². The van der Waals surface area contributed by atoms with E-state index in [0.29, 0.717) is 24.8 Å². The van der Waals surface area contributed by atoms with Crippen molar-refractivity contribution >= 4 is 41.5 Å². The molecule has 3 atom stereocenters. The molecule has 1 aliphatic rings. The van der Waals surface area contributed by atoms with Gasteiger partial charge in [-0.05, 0) is 43.4 Å². The third-order valence-electron chi connectivity index (χ3n) is 6.44. The number of nitrogens with zero attached hydrogens (tertiary/aromatic N) is 1. The first-order valence-corrected chi connectivity index (χ1v) is 13.9. The second-order valence-electron chi connectivity index (χ2n) is 10.0. The number of benzene rings is 1. The number of carbonyl (C=O) groups is 6. The Morgan fingerprint density at radius 1 is 0.837 bits per heavy atom. The first kappa shape index (κ1) is 34.3. The lowest BCUT2D eigenvalue weighted by molar-refractivity contribution is -0.140. The summed E-state index contributed by atoms with van der Waals surface area (Å²) in [5.41, 5.74) is 11.4. The van der Waals surface area contributed by atoms with Crippen LogP contribution in [0.1, 0.15) is 50.5 Å². The highest BCUT2D eigenvalue weighted by Gasteiger charge is 2.28. The lowest BCUT2D eigenvalue weighted by atomic mass is 10.0. The van der Waals surface area contributed by atoms with Gasteiger partial charge in [-0.15, -0.1) is 0 Å². The zero-order valence-electron chi connectivity index (χ0n) is 23.8. The molecular formula is C27H40N8O8. The standard InChI is InChI=1S/C27H40N8O8/c28-27(29)31-12-4-5-18-24(41)32-15-22(38)34-20(14-23(39)40)25(42)30-11-3-1-2-6-21(37)33-19(26(43)35-18)13-16-7-9-17(36)10-8-16/h7-10,18-20,36H,1-6,11-15H2,(H,30,42)(H,32,41)(H,33,37)(H,34,38)(H,35,43)(H,39,40)(H4,28,29,31)/t18-,19-,20-/m0/s1. The van der Waals surface area contributed by atoms with E-state index in [1.54, 1.807) is 12.1 Å². The van der Waals surface area contributed by atoms with Crippen LogP contribution in [0.4, 0.5) is 0 Å². The number of amides is 5. The monoisotopic (exact) mass is 604 g/mol. The van der Waals surface area contributed by atoms with Crippen molar-refractivity contribution in [1.29, 1.82) is 0 Å². The van der Waals surface area contributed by atoms with Gasteiger partial charge in [0, 0.05) is 25.9 Å². The Balaban J connectivity index is 2.28. The maximum Gasteiger partial charge on any atom is 0.305 e. The molecule has 11 N–H and O–H groups in total. The summed E-state index contributed by atoms with van der Waals surface area (Å²) in [7, 11) is 0. The molecule has 0 saturated carbocycles. The molecule has 0 aromatic heterocycles. The Hall–Kier alpha value is -4.89. The second kappa shape index (κ2) is 17.8. The summed E-state index contributed by atoms with van der Waals surface area (Å²) in [5, 5.41) is 31.4. The molecule has 1 aliphatic heterocycles. The van der Waals surface area contributed by atoms with Gasteiger partial charge >= 0.3 is 5.97 Å². The van der Waals surface area contributed by atoms with Gasteiger partial charge in [-0.1, -0.05) is 18.6 Å². The molecule has 0 spiro atoms. The van der Waals surface area contributed by atoms with E-state index in [9.17, 15) is 33.9 Å². The number of phenolic OH excluding ortho intramolecular Hbond substituents is 1. The van der Waals surface area contributed by atoms with Crippen molar-refractivity contribution in [2.75, 3.05) is 19.6 Å². The molecule has 1 fully saturated rings. The highest BCUT2D eigenvalue weighted by molar-refractivity contribution is 5.95. The summed E-state index contributed by atoms with van der Waals surface area (Å²) in [6.45, 7) is -0.255. The number of guanidine groups is 1. The van der Waals surface area contributed by atoms with Crippen LogP contribution in [0.2, 0.25) is 0 Å². The van der Waals surface area contributed by atoms with Crippen LogP contribution in [0.3, 0.4) is 0 Å². The minimum Gasteiger partial charge on any atom is -0.508 e. The van der Waals surface area contributed by atoms with Crippen molar-refractivity contribution in [3.05, 3.63) is 29.8 Å². The van der Waals surface area contributed by atoms with Crippen molar-refractivity contribution in [3.8, 4) is 5.75 Å². The Labute approximate surface area is 248 Å². The van der Waals surface area contributed by atoms with Gasteiger partial charge in [0.05, 0.1) is 13.0 Å². The number of aliphatic imine (C=N–C) groups is 1. The molecule has 5 amide bonds. The number of hydrogen-bond donors (Lipinski definition) is 9. The largest absolute Gasteiger partial charge is 0.508 e. The SMILES string of the molecule is NC(N)=NCCC[C@@H]1NC(=O)[C@H](Cc2ccc(O)cc2)NC(=O)CCCCCNC(=O)[C@H](CC(=O)O)NC(=O)CNC1=O. The van der Waals surface area contributed by atoms with Crippen molar-refractivity contribution in [2.45, 2.75) is 69.5 Å². The van der Waals surface area contributed by atoms with Crippen molar-refractivity contribution in [2.24, 2.45) is 16.5 Å². The maximum absolute atomic E-state index is 13.4. The third-order valence-corrected chi connectivity index (χ3v) is 6.44. The molecular weight excluding hydrogens is 564 g/mol. The molecule has 236 valence electrons. The fourth-order valence-electron chi connectivity index (χ4n) is 4.23. The first-order valence-electron chi connectivity index (χ1n) is 13.9. The number of nitrogens with one attached hydrogen (secondary N) is 5. The van der Waals surface area contributed by atoms with Crippen LogP contribution < -0.4 is 38.1 Å². The van der Waals surface area contributed by atoms with Crippen molar-refractivity contribution in [3.63, 3.8) is 0 Å². The number of hydrogen-bond acceptors (Lipinski definition) is 8. The number of aliphatic carboxylic acids is 1. The molecule has 1 saturated heterocycles. The third kappa shape index (κ3) is 13.5. The summed E-state index contributed by atoms with van der Waals surface area (Å²) in [5.74, 6) is -4.71. The number of carboxylic acids is 1. The van der Waals surface area contributed by atoms with E-state index in [1.807, 2.05) is 0 Å². The van der Waals surface area contributed by atoms with Gasteiger partial charge < -0.3 is 48.3 Å². The predicted molar refractivity (Wildman–Crippen MR) is 154 cm³/mol. The van der Waals surface area contributed by atoms with Gasteiger partial charge in [-0.25, -0.2) is 0 Å². The van der Waals surface area contributed by atoms with E-state index in [0.717, 1.165) is 0 Å². The first-order chi connectivity index (χ1) is 20.4.